The number of hydrogen-bond acceptors (Lipinski definition) is 5. The summed E-state index contributed by atoms with van der Waals surface area (Å²) in [6.45, 7) is 7.05. The number of H-pyrrole nitrogens is 1. The van der Waals surface area contributed by atoms with Gasteiger partial charge in [0.1, 0.15) is 0 Å². The number of nitrogens with zero attached hydrogens (tertiary/aromatic N) is 2. The predicted octanol–water partition coefficient (Wildman–Crippen LogP) is 2.93. The first-order valence-corrected chi connectivity index (χ1v) is 9.23. The lowest BCUT2D eigenvalue weighted by Gasteiger charge is -2.05. The van der Waals surface area contributed by atoms with E-state index < -0.39 is 0 Å². The largest absolute Gasteiger partial charge is 0.326 e. The number of aromatic nitrogens is 3. The summed E-state index contributed by atoms with van der Waals surface area (Å²) in [6, 6.07) is 6.70. The molecule has 0 saturated carbocycles. The van der Waals surface area contributed by atoms with Crippen molar-refractivity contribution in [1.29, 1.82) is 0 Å². The molecule has 8 heteroatoms. The van der Waals surface area contributed by atoms with Crippen LogP contribution in [0.4, 0.5) is 5.69 Å². The number of thiazole rings is 1. The molecular formula is C19H20N4O3S. The second kappa shape index (κ2) is 7.32. The maximum atomic E-state index is 12.7. The summed E-state index contributed by atoms with van der Waals surface area (Å²) in [5.41, 5.74) is 2.64. The average Bonchev–Trinajstić information content (AvgIpc) is 3.08. The van der Waals surface area contributed by atoms with Crippen molar-refractivity contribution in [3.8, 4) is 5.13 Å². The molecule has 0 aliphatic rings. The molecule has 1 aromatic carbocycles. The van der Waals surface area contributed by atoms with E-state index in [9.17, 15) is 14.4 Å². The van der Waals surface area contributed by atoms with E-state index >= 15 is 0 Å². The van der Waals surface area contributed by atoms with Crippen LogP contribution in [0.1, 0.15) is 39.1 Å². The second-order valence-electron chi connectivity index (χ2n) is 6.36. The molecule has 2 heterocycles. The van der Waals surface area contributed by atoms with Gasteiger partial charge in [0.25, 0.3) is 5.56 Å². The summed E-state index contributed by atoms with van der Waals surface area (Å²) in [5.74, 6) is -0.405. The molecule has 0 aliphatic carbocycles. The molecule has 0 atom stereocenters. The van der Waals surface area contributed by atoms with Gasteiger partial charge < -0.3 is 5.32 Å². The van der Waals surface area contributed by atoms with E-state index in [0.29, 0.717) is 27.6 Å². The smallest absolute Gasteiger partial charge is 0.277 e. The highest BCUT2D eigenvalue weighted by atomic mass is 32.1. The number of anilines is 1. The third kappa shape index (κ3) is 3.90. The van der Waals surface area contributed by atoms with E-state index in [1.54, 1.807) is 31.2 Å². The van der Waals surface area contributed by atoms with Crippen molar-refractivity contribution in [3.63, 3.8) is 0 Å². The van der Waals surface area contributed by atoms with Crippen LogP contribution in [0.5, 0.6) is 0 Å². The Hall–Kier alpha value is -3.00. The molecule has 0 bridgehead atoms. The van der Waals surface area contributed by atoms with E-state index in [1.807, 2.05) is 13.8 Å². The Balaban J connectivity index is 1.81. The van der Waals surface area contributed by atoms with Crippen molar-refractivity contribution in [3.05, 3.63) is 62.0 Å². The van der Waals surface area contributed by atoms with Crippen LogP contribution in [0.15, 0.2) is 29.1 Å². The summed E-state index contributed by atoms with van der Waals surface area (Å²) in [5, 5.41) is 6.28. The quantitative estimate of drug-likeness (QED) is 0.661. The number of hydrogen-bond donors (Lipinski definition) is 2. The first-order valence-electron chi connectivity index (χ1n) is 8.42. The van der Waals surface area contributed by atoms with Crippen molar-refractivity contribution < 1.29 is 9.59 Å². The Bertz CT molecular complexity index is 1070. The molecule has 3 rings (SSSR count). The molecule has 0 fully saturated rings. The Labute approximate surface area is 160 Å². The Morgan fingerprint density at radius 2 is 2.00 bits per heavy atom. The van der Waals surface area contributed by atoms with Crippen LogP contribution < -0.4 is 10.9 Å². The molecule has 140 valence electrons. The molecule has 0 spiro atoms. The van der Waals surface area contributed by atoms with Crippen LogP contribution in [0, 0.1) is 20.8 Å². The molecule has 0 saturated heterocycles. The van der Waals surface area contributed by atoms with Crippen molar-refractivity contribution in [1.82, 2.24) is 14.8 Å². The number of carbonyl (C=O) groups is 2. The van der Waals surface area contributed by atoms with Gasteiger partial charge in [-0.3, -0.25) is 19.5 Å². The standard InChI is InChI=1S/C19H20N4O3S/c1-10-13(4)27-19(20-10)23-18(26)16(11(2)22-23)9-17(25)21-15-7-5-6-14(8-15)12(3)24/h5-8,22H,9H2,1-4H3,(H,21,25). The van der Waals surface area contributed by atoms with Crippen molar-refractivity contribution in [2.75, 3.05) is 5.32 Å². The van der Waals surface area contributed by atoms with Crippen LogP contribution in [0.2, 0.25) is 0 Å². The molecule has 3 aromatic rings. The van der Waals surface area contributed by atoms with Gasteiger partial charge in [-0.2, -0.15) is 4.68 Å². The first kappa shape index (κ1) is 18.8. The number of benzene rings is 1. The van der Waals surface area contributed by atoms with E-state index in [1.165, 1.54) is 22.9 Å². The minimum atomic E-state index is -0.325. The van der Waals surface area contributed by atoms with Gasteiger partial charge in [-0.25, -0.2) is 4.98 Å². The Kier molecular flexibility index (Phi) is 5.09. The number of Topliss-reactive ketones (excluding diaryl/α,β-unsaturated/α-hetero) is 1. The van der Waals surface area contributed by atoms with Crippen LogP contribution >= 0.6 is 11.3 Å². The Morgan fingerprint density at radius 1 is 1.26 bits per heavy atom. The van der Waals surface area contributed by atoms with E-state index in [2.05, 4.69) is 15.4 Å². The highest BCUT2D eigenvalue weighted by Crippen LogP contribution is 2.19. The van der Waals surface area contributed by atoms with Crippen LogP contribution in [-0.4, -0.2) is 26.5 Å². The lowest BCUT2D eigenvalue weighted by Crippen LogP contribution is -2.22. The number of rotatable bonds is 5. The van der Waals surface area contributed by atoms with Crippen LogP contribution in [-0.2, 0) is 11.2 Å². The summed E-state index contributed by atoms with van der Waals surface area (Å²) >= 11 is 1.42. The molecule has 2 N–H and O–H groups in total. The fourth-order valence-corrected chi connectivity index (χ4v) is 3.53. The summed E-state index contributed by atoms with van der Waals surface area (Å²) in [4.78, 5) is 42.0. The second-order valence-corrected chi connectivity index (χ2v) is 7.54. The molecular weight excluding hydrogens is 364 g/mol. The van der Waals surface area contributed by atoms with Crippen molar-refractivity contribution >= 4 is 28.7 Å². The summed E-state index contributed by atoms with van der Waals surface area (Å²) < 4.78 is 1.37. The van der Waals surface area contributed by atoms with E-state index in [-0.39, 0.29) is 23.7 Å². The zero-order chi connectivity index (χ0) is 19.7. The molecule has 0 radical (unpaired) electrons. The van der Waals surface area contributed by atoms with Gasteiger partial charge in [-0.15, -0.1) is 0 Å². The van der Waals surface area contributed by atoms with E-state index in [4.69, 9.17) is 0 Å². The van der Waals surface area contributed by atoms with Crippen LogP contribution in [0.3, 0.4) is 0 Å². The van der Waals surface area contributed by atoms with Crippen molar-refractivity contribution in [2.45, 2.75) is 34.1 Å². The third-order valence-corrected chi connectivity index (χ3v) is 5.35. The number of ketones is 1. The van der Waals surface area contributed by atoms with Crippen LogP contribution in [0.25, 0.3) is 5.13 Å². The summed E-state index contributed by atoms with van der Waals surface area (Å²) in [6.07, 6.45) is -0.0677. The minimum absolute atomic E-state index is 0.0677. The molecule has 0 aliphatic heterocycles. The highest BCUT2D eigenvalue weighted by molar-refractivity contribution is 7.14. The van der Waals surface area contributed by atoms with Gasteiger partial charge in [0.2, 0.25) is 11.0 Å². The van der Waals surface area contributed by atoms with Gasteiger partial charge >= 0.3 is 0 Å². The zero-order valence-corrected chi connectivity index (χ0v) is 16.4. The number of carbonyl (C=O) groups excluding carboxylic acids is 2. The minimum Gasteiger partial charge on any atom is -0.326 e. The SMILES string of the molecule is CC(=O)c1cccc(NC(=O)Cc2c(C)[nH]n(-c3nc(C)c(C)s3)c2=O)c1. The number of aromatic amines is 1. The van der Waals surface area contributed by atoms with Gasteiger partial charge in [-0.1, -0.05) is 23.5 Å². The Morgan fingerprint density at radius 3 is 2.63 bits per heavy atom. The highest BCUT2D eigenvalue weighted by Gasteiger charge is 2.18. The number of nitrogens with one attached hydrogen (secondary N) is 2. The molecule has 0 unspecified atom stereocenters. The fraction of sp³-hybridized carbons (Fsp3) is 0.263. The normalized spacial score (nSPS) is 10.8. The zero-order valence-electron chi connectivity index (χ0n) is 15.5. The monoisotopic (exact) mass is 384 g/mol. The predicted molar refractivity (Wildman–Crippen MR) is 105 cm³/mol. The maximum absolute atomic E-state index is 12.7. The molecule has 2 aromatic heterocycles. The van der Waals surface area contributed by atoms with Gasteiger partial charge in [0.05, 0.1) is 12.1 Å². The average molecular weight is 384 g/mol. The lowest BCUT2D eigenvalue weighted by atomic mass is 10.1. The van der Waals surface area contributed by atoms with Crippen molar-refractivity contribution in [2.24, 2.45) is 0 Å². The lowest BCUT2D eigenvalue weighted by molar-refractivity contribution is -0.115. The molecule has 1 amide bonds. The maximum Gasteiger partial charge on any atom is 0.277 e. The van der Waals surface area contributed by atoms with Gasteiger partial charge in [0, 0.05) is 27.4 Å². The number of amides is 1. The number of aryl methyl sites for hydroxylation is 3. The topological polar surface area (TPSA) is 96.8 Å². The third-order valence-electron chi connectivity index (χ3n) is 4.29. The molecule has 27 heavy (non-hydrogen) atoms. The molecule has 7 nitrogen and oxygen atoms in total. The van der Waals surface area contributed by atoms with Gasteiger partial charge in [0.15, 0.2) is 5.78 Å². The van der Waals surface area contributed by atoms with E-state index in [0.717, 1.165) is 10.6 Å². The van der Waals surface area contributed by atoms with Gasteiger partial charge in [-0.05, 0) is 39.8 Å². The fourth-order valence-electron chi connectivity index (χ4n) is 2.66. The first-order chi connectivity index (χ1) is 12.8. The summed E-state index contributed by atoms with van der Waals surface area (Å²) in [7, 11) is 0.